The van der Waals surface area contributed by atoms with Gasteiger partial charge in [0.15, 0.2) is 6.17 Å². The highest BCUT2D eigenvalue weighted by molar-refractivity contribution is 6.68. The predicted molar refractivity (Wildman–Crippen MR) is 114 cm³/mol. The largest absolute Gasteiger partial charge is 0.416 e. The van der Waals surface area contributed by atoms with Gasteiger partial charge in [-0.15, -0.1) is 0 Å². The molecule has 0 spiro atoms. The van der Waals surface area contributed by atoms with Crippen LogP contribution in [0.15, 0.2) is 53.5 Å². The molecular formula is C19H13Cl3F4N4O2. The van der Waals surface area contributed by atoms with Crippen LogP contribution in [0.3, 0.4) is 0 Å². The summed E-state index contributed by atoms with van der Waals surface area (Å²) in [5, 5.41) is 2.61. The molecule has 0 radical (unpaired) electrons. The van der Waals surface area contributed by atoms with Crippen molar-refractivity contribution in [2.45, 2.75) is 16.1 Å². The Morgan fingerprint density at radius 3 is 2.12 bits per heavy atom. The summed E-state index contributed by atoms with van der Waals surface area (Å²) in [7, 11) is 1.16. The molecule has 1 heterocycles. The fourth-order valence-electron chi connectivity index (χ4n) is 2.76. The number of imide groups is 1. The number of amides is 3. The average Bonchev–Trinajstić information content (AvgIpc) is 2.91. The van der Waals surface area contributed by atoms with Crippen molar-refractivity contribution >= 4 is 64.0 Å². The van der Waals surface area contributed by atoms with E-state index in [9.17, 15) is 27.2 Å². The lowest BCUT2D eigenvalue weighted by Gasteiger charge is -2.25. The first kappa shape index (κ1) is 24.1. The number of likely N-dealkylation sites (N-methyl/N-ethyl adjacent to an activating group) is 1. The number of urea groups is 1. The van der Waals surface area contributed by atoms with Crippen LogP contribution in [0.1, 0.15) is 5.56 Å². The van der Waals surface area contributed by atoms with Gasteiger partial charge < -0.3 is 5.32 Å². The molecule has 1 aliphatic rings. The number of nitrogens with zero attached hydrogens (tertiary/aromatic N) is 3. The summed E-state index contributed by atoms with van der Waals surface area (Å²) in [6.45, 7) is 0. The van der Waals surface area contributed by atoms with Crippen LogP contribution in [0.2, 0.25) is 0 Å². The summed E-state index contributed by atoms with van der Waals surface area (Å²) in [6, 6.07) is 8.03. The molecule has 0 saturated carbocycles. The molecule has 1 saturated heterocycles. The molecule has 3 amide bonds. The number of para-hydroxylation sites is 1. The minimum Gasteiger partial charge on any atom is -0.360 e. The summed E-state index contributed by atoms with van der Waals surface area (Å²) < 4.78 is 50.5. The van der Waals surface area contributed by atoms with E-state index in [1.165, 1.54) is 18.2 Å². The van der Waals surface area contributed by atoms with Crippen LogP contribution in [0.5, 0.6) is 0 Å². The Bertz CT molecular complexity index is 1070. The number of benzene rings is 2. The van der Waals surface area contributed by atoms with Gasteiger partial charge in [-0.05, 0) is 36.4 Å². The molecule has 1 aliphatic heterocycles. The number of hydrogen-bond acceptors (Lipinski definition) is 4. The Labute approximate surface area is 194 Å². The molecule has 32 heavy (non-hydrogen) atoms. The Morgan fingerprint density at radius 1 is 1.00 bits per heavy atom. The van der Waals surface area contributed by atoms with Crippen molar-refractivity contribution in [3.05, 3.63) is 59.9 Å². The van der Waals surface area contributed by atoms with E-state index in [1.54, 1.807) is 0 Å². The normalized spacial score (nSPS) is 17.3. The molecule has 1 unspecified atom stereocenters. The van der Waals surface area contributed by atoms with Gasteiger partial charge in [0.05, 0.1) is 11.3 Å². The highest BCUT2D eigenvalue weighted by Crippen LogP contribution is 2.35. The zero-order valence-electron chi connectivity index (χ0n) is 16.0. The van der Waals surface area contributed by atoms with Crippen molar-refractivity contribution in [1.82, 2.24) is 4.90 Å². The third-order valence-corrected chi connectivity index (χ3v) is 4.98. The Balaban J connectivity index is 2.01. The maximum absolute atomic E-state index is 14.3. The van der Waals surface area contributed by atoms with Crippen molar-refractivity contribution in [2.75, 3.05) is 17.3 Å². The van der Waals surface area contributed by atoms with E-state index in [0.29, 0.717) is 4.90 Å². The highest BCUT2D eigenvalue weighted by Gasteiger charge is 2.44. The van der Waals surface area contributed by atoms with Gasteiger partial charge in [-0.25, -0.2) is 19.1 Å². The third-order valence-electron chi connectivity index (χ3n) is 4.36. The van der Waals surface area contributed by atoms with Gasteiger partial charge in [0.1, 0.15) is 5.82 Å². The zero-order valence-corrected chi connectivity index (χ0v) is 18.3. The molecule has 0 aromatic heterocycles. The number of aliphatic imine (C=N–C) groups is 1. The van der Waals surface area contributed by atoms with Crippen LogP contribution >= 0.6 is 34.8 Å². The number of amidine groups is 1. The number of carbonyl (C=O) groups is 2. The monoisotopic (exact) mass is 510 g/mol. The van der Waals surface area contributed by atoms with Crippen LogP contribution in [0.25, 0.3) is 0 Å². The first-order chi connectivity index (χ1) is 14.8. The number of anilines is 2. The van der Waals surface area contributed by atoms with Gasteiger partial charge in [0, 0.05) is 12.7 Å². The van der Waals surface area contributed by atoms with Crippen LogP contribution in [-0.2, 0) is 11.0 Å². The number of alkyl halides is 6. The summed E-state index contributed by atoms with van der Waals surface area (Å²) in [4.78, 5) is 30.6. The minimum absolute atomic E-state index is 0.0845. The van der Waals surface area contributed by atoms with Crippen molar-refractivity contribution in [2.24, 2.45) is 4.99 Å². The molecule has 13 heteroatoms. The van der Waals surface area contributed by atoms with E-state index in [1.807, 2.05) is 0 Å². The second kappa shape index (κ2) is 8.76. The lowest BCUT2D eigenvalue weighted by Crippen LogP contribution is -2.38. The second-order valence-electron chi connectivity index (χ2n) is 6.55. The lowest BCUT2D eigenvalue weighted by molar-refractivity contribution is -0.137. The SMILES string of the molecule is CN1C(=O)C(=NC(Nc2ccc(C(F)(F)F)cc2)C(Cl)(Cl)Cl)N(c2ccccc2F)C1=O. The minimum atomic E-state index is -4.55. The lowest BCUT2D eigenvalue weighted by atomic mass is 10.2. The van der Waals surface area contributed by atoms with E-state index in [4.69, 9.17) is 34.8 Å². The summed E-state index contributed by atoms with van der Waals surface area (Å²) in [6.07, 6.45) is -6.08. The van der Waals surface area contributed by atoms with Gasteiger partial charge in [-0.1, -0.05) is 46.9 Å². The first-order valence-corrected chi connectivity index (χ1v) is 9.89. The van der Waals surface area contributed by atoms with Crippen LogP contribution in [0, 0.1) is 5.82 Å². The molecule has 0 aliphatic carbocycles. The van der Waals surface area contributed by atoms with E-state index in [-0.39, 0.29) is 11.4 Å². The fourth-order valence-corrected chi connectivity index (χ4v) is 3.07. The van der Waals surface area contributed by atoms with Gasteiger partial charge in [0.2, 0.25) is 9.63 Å². The topological polar surface area (TPSA) is 65.0 Å². The van der Waals surface area contributed by atoms with Gasteiger partial charge in [0.25, 0.3) is 5.91 Å². The summed E-state index contributed by atoms with van der Waals surface area (Å²) in [5.74, 6) is -2.25. The van der Waals surface area contributed by atoms with Gasteiger partial charge in [-0.3, -0.25) is 9.69 Å². The smallest absolute Gasteiger partial charge is 0.360 e. The molecule has 6 nitrogen and oxygen atoms in total. The van der Waals surface area contributed by atoms with Crippen molar-refractivity contribution in [1.29, 1.82) is 0 Å². The Kier molecular flexibility index (Phi) is 6.60. The maximum atomic E-state index is 14.3. The van der Waals surface area contributed by atoms with Gasteiger partial charge >= 0.3 is 12.2 Å². The standard InChI is InChI=1S/C19H13Cl3F4N4O2/c1-29-15(31)14(30(17(29)32)13-5-3-2-4-12(13)23)28-16(18(20,21)22)27-11-8-6-10(7-9-11)19(24,25)26/h2-9,16,27H,1H3. The van der Waals surface area contributed by atoms with Crippen molar-refractivity contribution in [3.63, 3.8) is 0 Å². The molecular weight excluding hydrogens is 499 g/mol. The van der Waals surface area contributed by atoms with E-state index < -0.39 is 45.3 Å². The number of rotatable bonds is 4. The van der Waals surface area contributed by atoms with Crippen molar-refractivity contribution < 1.29 is 27.2 Å². The predicted octanol–water partition coefficient (Wildman–Crippen LogP) is 5.45. The van der Waals surface area contributed by atoms with Crippen LogP contribution in [-0.4, -0.2) is 39.7 Å². The van der Waals surface area contributed by atoms with E-state index in [0.717, 1.165) is 42.3 Å². The average molecular weight is 512 g/mol. The number of nitrogens with one attached hydrogen (secondary N) is 1. The molecule has 3 rings (SSSR count). The van der Waals surface area contributed by atoms with E-state index in [2.05, 4.69) is 10.3 Å². The molecule has 2 aromatic rings. The maximum Gasteiger partial charge on any atom is 0.416 e. The summed E-state index contributed by atoms with van der Waals surface area (Å²) >= 11 is 17.9. The van der Waals surface area contributed by atoms with E-state index >= 15 is 0 Å². The van der Waals surface area contributed by atoms with Gasteiger partial charge in [-0.2, -0.15) is 13.2 Å². The molecule has 170 valence electrons. The molecule has 0 bridgehead atoms. The molecule has 1 atom stereocenters. The summed E-state index contributed by atoms with van der Waals surface area (Å²) in [5.41, 5.74) is -1.07. The third kappa shape index (κ3) is 4.92. The zero-order chi connectivity index (χ0) is 23.8. The van der Waals surface area contributed by atoms with Crippen LogP contribution < -0.4 is 10.2 Å². The number of halogens is 7. The first-order valence-electron chi connectivity index (χ1n) is 8.75. The second-order valence-corrected chi connectivity index (χ2v) is 8.92. The molecule has 1 fully saturated rings. The van der Waals surface area contributed by atoms with Crippen molar-refractivity contribution in [3.8, 4) is 0 Å². The number of hydrogen-bond donors (Lipinski definition) is 1. The number of carbonyl (C=O) groups excluding carboxylic acids is 2. The molecule has 1 N–H and O–H groups in total. The Hall–Kier alpha value is -2.56. The fraction of sp³-hybridized carbons (Fsp3) is 0.211. The molecule has 2 aromatic carbocycles. The quantitative estimate of drug-likeness (QED) is 0.337. The van der Waals surface area contributed by atoms with Crippen LogP contribution in [0.4, 0.5) is 33.7 Å². The highest BCUT2D eigenvalue weighted by atomic mass is 35.6. The Morgan fingerprint density at radius 2 is 1.59 bits per heavy atom.